The SMILES string of the molecule is Cc1cccc(C(C)C(=O)O)c1Cl. The number of carboxylic acid groups (broad SMARTS) is 1. The van der Waals surface area contributed by atoms with Gasteiger partial charge in [-0.3, -0.25) is 4.79 Å². The quantitative estimate of drug-likeness (QED) is 0.794. The smallest absolute Gasteiger partial charge is 0.310 e. The van der Waals surface area contributed by atoms with Crippen LogP contribution >= 0.6 is 11.6 Å². The molecular weight excluding hydrogens is 188 g/mol. The first kappa shape index (κ1) is 10.1. The van der Waals surface area contributed by atoms with E-state index < -0.39 is 11.9 Å². The summed E-state index contributed by atoms with van der Waals surface area (Å²) in [6.45, 7) is 3.49. The molecule has 0 bridgehead atoms. The van der Waals surface area contributed by atoms with Crippen molar-refractivity contribution < 1.29 is 9.90 Å². The first-order chi connectivity index (χ1) is 6.04. The minimum Gasteiger partial charge on any atom is -0.481 e. The van der Waals surface area contributed by atoms with Crippen molar-refractivity contribution in [2.75, 3.05) is 0 Å². The van der Waals surface area contributed by atoms with Crippen LogP contribution in [-0.4, -0.2) is 11.1 Å². The highest BCUT2D eigenvalue weighted by atomic mass is 35.5. The van der Waals surface area contributed by atoms with E-state index in [1.54, 1.807) is 13.0 Å². The van der Waals surface area contributed by atoms with Crippen LogP contribution in [0.4, 0.5) is 0 Å². The van der Waals surface area contributed by atoms with Crippen molar-refractivity contribution in [1.29, 1.82) is 0 Å². The lowest BCUT2D eigenvalue weighted by Gasteiger charge is -2.10. The molecule has 0 amide bonds. The first-order valence-electron chi connectivity index (χ1n) is 4.02. The standard InChI is InChI=1S/C10H11ClO2/c1-6-4-3-5-8(9(6)11)7(2)10(12)13/h3-5,7H,1-2H3,(H,12,13). The number of hydrogen-bond acceptors (Lipinski definition) is 1. The Labute approximate surface area is 82.2 Å². The number of carbonyl (C=O) groups is 1. The second kappa shape index (κ2) is 3.79. The van der Waals surface area contributed by atoms with Gasteiger partial charge < -0.3 is 5.11 Å². The number of carboxylic acids is 1. The fraction of sp³-hybridized carbons (Fsp3) is 0.300. The highest BCUT2D eigenvalue weighted by molar-refractivity contribution is 6.32. The fourth-order valence-corrected chi connectivity index (χ4v) is 1.43. The third-order valence-corrected chi connectivity index (χ3v) is 2.57. The van der Waals surface area contributed by atoms with E-state index in [1.165, 1.54) is 0 Å². The largest absolute Gasteiger partial charge is 0.481 e. The van der Waals surface area contributed by atoms with Gasteiger partial charge >= 0.3 is 5.97 Å². The van der Waals surface area contributed by atoms with Gasteiger partial charge in [0.2, 0.25) is 0 Å². The van der Waals surface area contributed by atoms with E-state index in [9.17, 15) is 4.79 Å². The maximum Gasteiger partial charge on any atom is 0.310 e. The Bertz CT molecular complexity index is 334. The van der Waals surface area contributed by atoms with Gasteiger partial charge in [-0.15, -0.1) is 0 Å². The fourth-order valence-electron chi connectivity index (χ4n) is 1.14. The van der Waals surface area contributed by atoms with Crippen molar-refractivity contribution in [1.82, 2.24) is 0 Å². The topological polar surface area (TPSA) is 37.3 Å². The Morgan fingerprint density at radius 3 is 2.69 bits per heavy atom. The molecule has 1 rings (SSSR count). The van der Waals surface area contributed by atoms with Crippen LogP contribution in [0.2, 0.25) is 5.02 Å². The van der Waals surface area contributed by atoms with E-state index in [1.807, 2.05) is 19.1 Å². The Kier molecular flexibility index (Phi) is 2.94. The second-order valence-electron chi connectivity index (χ2n) is 3.04. The van der Waals surface area contributed by atoms with Crippen LogP contribution in [0.15, 0.2) is 18.2 Å². The first-order valence-corrected chi connectivity index (χ1v) is 4.39. The van der Waals surface area contributed by atoms with E-state index in [-0.39, 0.29) is 0 Å². The molecule has 0 aromatic heterocycles. The van der Waals surface area contributed by atoms with Crippen molar-refractivity contribution in [3.05, 3.63) is 34.3 Å². The molecule has 0 radical (unpaired) electrons. The molecule has 0 fully saturated rings. The van der Waals surface area contributed by atoms with E-state index >= 15 is 0 Å². The predicted octanol–water partition coefficient (Wildman–Crippen LogP) is 2.84. The van der Waals surface area contributed by atoms with Crippen LogP contribution in [0.1, 0.15) is 24.0 Å². The van der Waals surface area contributed by atoms with Crippen LogP contribution in [0.5, 0.6) is 0 Å². The molecule has 1 aromatic rings. The van der Waals surface area contributed by atoms with Crippen molar-refractivity contribution in [3.63, 3.8) is 0 Å². The van der Waals surface area contributed by atoms with Gasteiger partial charge in [0.25, 0.3) is 0 Å². The number of halogens is 1. The van der Waals surface area contributed by atoms with Crippen LogP contribution in [0.3, 0.4) is 0 Å². The van der Waals surface area contributed by atoms with Gasteiger partial charge in [-0.25, -0.2) is 0 Å². The number of aliphatic carboxylic acids is 1. The van der Waals surface area contributed by atoms with Gasteiger partial charge in [-0.1, -0.05) is 29.8 Å². The highest BCUT2D eigenvalue weighted by Crippen LogP contribution is 2.27. The lowest BCUT2D eigenvalue weighted by molar-refractivity contribution is -0.138. The van der Waals surface area contributed by atoms with Crippen molar-refractivity contribution in [2.45, 2.75) is 19.8 Å². The molecule has 3 heteroatoms. The second-order valence-corrected chi connectivity index (χ2v) is 3.42. The van der Waals surface area contributed by atoms with Gasteiger partial charge in [0.05, 0.1) is 5.92 Å². The van der Waals surface area contributed by atoms with E-state index in [0.29, 0.717) is 10.6 Å². The van der Waals surface area contributed by atoms with Gasteiger partial charge in [-0.05, 0) is 25.0 Å². The highest BCUT2D eigenvalue weighted by Gasteiger charge is 2.16. The molecule has 0 saturated heterocycles. The average molecular weight is 199 g/mol. The molecule has 0 spiro atoms. The zero-order valence-electron chi connectivity index (χ0n) is 7.54. The van der Waals surface area contributed by atoms with Gasteiger partial charge in [0.1, 0.15) is 0 Å². The van der Waals surface area contributed by atoms with E-state index in [0.717, 1.165) is 5.56 Å². The molecule has 0 aliphatic carbocycles. The zero-order chi connectivity index (χ0) is 10.0. The zero-order valence-corrected chi connectivity index (χ0v) is 8.30. The summed E-state index contributed by atoms with van der Waals surface area (Å²) in [5.41, 5.74) is 1.58. The van der Waals surface area contributed by atoms with Gasteiger partial charge in [0, 0.05) is 5.02 Å². The van der Waals surface area contributed by atoms with Crippen LogP contribution in [0, 0.1) is 6.92 Å². The van der Waals surface area contributed by atoms with E-state index in [4.69, 9.17) is 16.7 Å². The minimum atomic E-state index is -0.854. The molecule has 1 unspecified atom stereocenters. The average Bonchev–Trinajstić information content (AvgIpc) is 2.08. The maximum atomic E-state index is 10.7. The molecule has 0 aliphatic heterocycles. The number of aryl methyl sites for hydroxylation is 1. The molecule has 1 aromatic carbocycles. The maximum absolute atomic E-state index is 10.7. The lowest BCUT2D eigenvalue weighted by Crippen LogP contribution is -2.08. The van der Waals surface area contributed by atoms with Gasteiger partial charge in [-0.2, -0.15) is 0 Å². The lowest BCUT2D eigenvalue weighted by atomic mass is 9.99. The molecule has 2 nitrogen and oxygen atoms in total. The summed E-state index contributed by atoms with van der Waals surface area (Å²) in [6.07, 6.45) is 0. The number of rotatable bonds is 2. The Hall–Kier alpha value is -1.02. The molecule has 0 aliphatic rings. The molecule has 13 heavy (non-hydrogen) atoms. The Balaban J connectivity index is 3.15. The third kappa shape index (κ3) is 2.01. The summed E-state index contributed by atoms with van der Waals surface area (Å²) in [5, 5.41) is 9.35. The van der Waals surface area contributed by atoms with Crippen molar-refractivity contribution in [2.24, 2.45) is 0 Å². The van der Waals surface area contributed by atoms with Crippen molar-refractivity contribution >= 4 is 17.6 Å². The molecular formula is C10H11ClO2. The summed E-state index contributed by atoms with van der Waals surface area (Å²) in [7, 11) is 0. The predicted molar refractivity (Wildman–Crippen MR) is 52.2 cm³/mol. The van der Waals surface area contributed by atoms with Crippen molar-refractivity contribution in [3.8, 4) is 0 Å². The third-order valence-electron chi connectivity index (χ3n) is 2.06. The number of hydrogen-bond donors (Lipinski definition) is 1. The summed E-state index contributed by atoms with van der Waals surface area (Å²) in [5.74, 6) is -1.40. The molecule has 1 N–H and O–H groups in total. The molecule has 1 atom stereocenters. The minimum absolute atomic E-state index is 0.549. The summed E-state index contributed by atoms with van der Waals surface area (Å²) >= 11 is 5.97. The summed E-state index contributed by atoms with van der Waals surface area (Å²) < 4.78 is 0. The van der Waals surface area contributed by atoms with Gasteiger partial charge in [0.15, 0.2) is 0 Å². The summed E-state index contributed by atoms with van der Waals surface area (Å²) in [4.78, 5) is 10.7. The van der Waals surface area contributed by atoms with Crippen LogP contribution < -0.4 is 0 Å². The van der Waals surface area contributed by atoms with Crippen LogP contribution in [0.25, 0.3) is 0 Å². The molecule has 0 heterocycles. The Morgan fingerprint density at radius 1 is 1.54 bits per heavy atom. The number of benzene rings is 1. The normalized spacial score (nSPS) is 12.5. The van der Waals surface area contributed by atoms with Crippen LogP contribution in [-0.2, 0) is 4.79 Å². The molecule has 0 saturated carbocycles. The Morgan fingerprint density at radius 2 is 2.15 bits per heavy atom. The molecule has 70 valence electrons. The summed E-state index contributed by atoms with van der Waals surface area (Å²) in [6, 6.07) is 5.42. The van der Waals surface area contributed by atoms with E-state index in [2.05, 4.69) is 0 Å². The monoisotopic (exact) mass is 198 g/mol.